The lowest BCUT2D eigenvalue weighted by atomic mass is 10.1. The predicted octanol–water partition coefficient (Wildman–Crippen LogP) is 3.50. The van der Waals surface area contributed by atoms with E-state index in [1.54, 1.807) is 33.8 Å². The Morgan fingerprint density at radius 3 is 2.50 bits per heavy atom. The van der Waals surface area contributed by atoms with Crippen molar-refractivity contribution in [3.05, 3.63) is 41.2 Å². The van der Waals surface area contributed by atoms with Crippen LogP contribution in [0.25, 0.3) is 6.08 Å². The van der Waals surface area contributed by atoms with E-state index in [9.17, 15) is 14.0 Å². The van der Waals surface area contributed by atoms with Crippen molar-refractivity contribution >= 4 is 18.0 Å². The van der Waals surface area contributed by atoms with E-state index >= 15 is 0 Å². The molecule has 0 unspecified atom stereocenters. The molecule has 22 heavy (non-hydrogen) atoms. The van der Waals surface area contributed by atoms with E-state index in [0.717, 1.165) is 0 Å². The zero-order valence-corrected chi connectivity index (χ0v) is 13.3. The summed E-state index contributed by atoms with van der Waals surface area (Å²) < 4.78 is 23.3. The van der Waals surface area contributed by atoms with Gasteiger partial charge in [-0.05, 0) is 51.5 Å². The highest BCUT2D eigenvalue weighted by molar-refractivity contribution is 5.98. The van der Waals surface area contributed by atoms with Crippen LogP contribution < -0.4 is 0 Å². The lowest BCUT2D eigenvalue weighted by Gasteiger charge is -2.19. The molecule has 1 rings (SSSR count). The van der Waals surface area contributed by atoms with Gasteiger partial charge in [0.15, 0.2) is 0 Å². The fourth-order valence-corrected chi connectivity index (χ4v) is 1.74. The van der Waals surface area contributed by atoms with Crippen molar-refractivity contribution in [2.45, 2.75) is 39.7 Å². The molecule has 0 saturated heterocycles. The molecule has 0 aliphatic heterocycles. The molecule has 4 nitrogen and oxygen atoms in total. The number of hydrogen-bond donors (Lipinski definition) is 0. The molecule has 120 valence electrons. The number of carbonyl (C=O) groups excluding carboxylic acids is 2. The molecule has 0 aliphatic rings. The van der Waals surface area contributed by atoms with Gasteiger partial charge in [-0.15, -0.1) is 0 Å². The Morgan fingerprint density at radius 1 is 1.27 bits per heavy atom. The van der Waals surface area contributed by atoms with Crippen molar-refractivity contribution in [3.8, 4) is 0 Å². The Kier molecular flexibility index (Phi) is 6.28. The smallest absolute Gasteiger partial charge is 0.334 e. The van der Waals surface area contributed by atoms with Gasteiger partial charge in [-0.1, -0.05) is 12.1 Å². The zero-order valence-electron chi connectivity index (χ0n) is 13.3. The van der Waals surface area contributed by atoms with E-state index in [2.05, 4.69) is 0 Å². The maximum absolute atomic E-state index is 13.2. The van der Waals surface area contributed by atoms with Crippen LogP contribution in [0.1, 0.15) is 39.7 Å². The number of rotatable bonds is 5. The Morgan fingerprint density at radius 2 is 1.95 bits per heavy atom. The molecule has 0 fully saturated rings. The minimum absolute atomic E-state index is 0.127. The zero-order chi connectivity index (χ0) is 16.8. The Balaban J connectivity index is 2.98. The van der Waals surface area contributed by atoms with Gasteiger partial charge in [0.05, 0.1) is 13.0 Å². The number of ether oxygens (including phenoxy) is 2. The molecule has 1 aromatic carbocycles. The van der Waals surface area contributed by atoms with Crippen molar-refractivity contribution in [3.63, 3.8) is 0 Å². The molecule has 0 radical (unpaired) electrons. The van der Waals surface area contributed by atoms with Crippen molar-refractivity contribution in [2.75, 3.05) is 6.61 Å². The van der Waals surface area contributed by atoms with Gasteiger partial charge in [0.1, 0.15) is 11.4 Å². The molecule has 0 bridgehead atoms. The minimum atomic E-state index is -0.643. The van der Waals surface area contributed by atoms with Crippen molar-refractivity contribution in [1.29, 1.82) is 0 Å². The van der Waals surface area contributed by atoms with Crippen molar-refractivity contribution < 1.29 is 23.5 Å². The van der Waals surface area contributed by atoms with Gasteiger partial charge >= 0.3 is 11.9 Å². The topological polar surface area (TPSA) is 52.6 Å². The highest BCUT2D eigenvalue weighted by Crippen LogP contribution is 2.16. The predicted molar refractivity (Wildman–Crippen MR) is 81.5 cm³/mol. The fraction of sp³-hybridized carbons (Fsp3) is 0.412. The van der Waals surface area contributed by atoms with Gasteiger partial charge in [-0.25, -0.2) is 9.18 Å². The largest absolute Gasteiger partial charge is 0.463 e. The minimum Gasteiger partial charge on any atom is -0.463 e. The molecule has 0 aliphatic carbocycles. The second-order valence-electron chi connectivity index (χ2n) is 5.71. The molecule has 0 heterocycles. The van der Waals surface area contributed by atoms with E-state index in [-0.39, 0.29) is 18.6 Å². The van der Waals surface area contributed by atoms with Crippen molar-refractivity contribution in [2.24, 2.45) is 0 Å². The molecule has 0 atom stereocenters. The van der Waals surface area contributed by atoms with E-state index in [0.29, 0.717) is 5.56 Å². The van der Waals surface area contributed by atoms with Gasteiger partial charge in [-0.3, -0.25) is 4.79 Å². The molecule has 0 aromatic heterocycles. The third-order valence-electron chi connectivity index (χ3n) is 2.48. The van der Waals surface area contributed by atoms with Crippen LogP contribution in [0.4, 0.5) is 4.39 Å². The van der Waals surface area contributed by atoms with Crippen LogP contribution >= 0.6 is 0 Å². The summed E-state index contributed by atoms with van der Waals surface area (Å²) in [6, 6.07) is 5.73. The monoisotopic (exact) mass is 308 g/mol. The highest BCUT2D eigenvalue weighted by atomic mass is 19.1. The molecule has 1 aromatic rings. The molecule has 0 amide bonds. The maximum atomic E-state index is 13.2. The normalized spacial score (nSPS) is 12.0. The second-order valence-corrected chi connectivity index (χ2v) is 5.71. The van der Waals surface area contributed by atoms with Crippen LogP contribution in [0.2, 0.25) is 0 Å². The summed E-state index contributed by atoms with van der Waals surface area (Å²) >= 11 is 0. The summed E-state index contributed by atoms with van der Waals surface area (Å²) in [4.78, 5) is 23.8. The summed E-state index contributed by atoms with van der Waals surface area (Å²) in [6.07, 6.45) is 1.21. The summed E-state index contributed by atoms with van der Waals surface area (Å²) in [5.41, 5.74) is -0.0382. The summed E-state index contributed by atoms with van der Waals surface area (Å²) in [5, 5.41) is 0. The van der Waals surface area contributed by atoms with E-state index < -0.39 is 23.4 Å². The lowest BCUT2D eigenvalue weighted by molar-refractivity contribution is -0.155. The number of halogens is 1. The first-order chi connectivity index (χ1) is 10.2. The van der Waals surface area contributed by atoms with E-state index in [1.807, 2.05) is 0 Å². The number of esters is 2. The number of benzene rings is 1. The SMILES string of the molecule is CCOC(=O)/C(=C/c1cccc(F)c1)CC(=O)OC(C)(C)C. The van der Waals surface area contributed by atoms with Gasteiger partial charge in [0.25, 0.3) is 0 Å². The van der Waals surface area contributed by atoms with Crippen LogP contribution in [0.15, 0.2) is 29.8 Å². The summed E-state index contributed by atoms with van der Waals surface area (Å²) in [5.74, 6) is -1.57. The lowest BCUT2D eigenvalue weighted by Crippen LogP contribution is -2.25. The molecular weight excluding hydrogens is 287 g/mol. The van der Waals surface area contributed by atoms with E-state index in [1.165, 1.54) is 24.3 Å². The van der Waals surface area contributed by atoms with Gasteiger partial charge in [0, 0.05) is 5.57 Å². The fourth-order valence-electron chi connectivity index (χ4n) is 1.74. The first-order valence-corrected chi connectivity index (χ1v) is 7.06. The highest BCUT2D eigenvalue weighted by Gasteiger charge is 2.21. The standard InChI is InChI=1S/C17H21FO4/c1-5-21-16(20)13(11-15(19)22-17(2,3)4)9-12-7-6-8-14(18)10-12/h6-10H,5,11H2,1-4H3/b13-9+. The average Bonchev–Trinajstić information content (AvgIpc) is 2.36. The van der Waals surface area contributed by atoms with Crippen LogP contribution in [-0.2, 0) is 19.1 Å². The van der Waals surface area contributed by atoms with Gasteiger partial charge in [-0.2, -0.15) is 0 Å². The van der Waals surface area contributed by atoms with Crippen molar-refractivity contribution in [1.82, 2.24) is 0 Å². The van der Waals surface area contributed by atoms with Gasteiger partial charge < -0.3 is 9.47 Å². The molecule has 0 N–H and O–H groups in total. The first kappa shape index (κ1) is 17.9. The van der Waals surface area contributed by atoms with E-state index in [4.69, 9.17) is 9.47 Å². The maximum Gasteiger partial charge on any atom is 0.334 e. The van der Waals surface area contributed by atoms with Crippen LogP contribution in [-0.4, -0.2) is 24.1 Å². The van der Waals surface area contributed by atoms with Crippen LogP contribution in [0, 0.1) is 5.82 Å². The number of carbonyl (C=O) groups is 2. The van der Waals surface area contributed by atoms with Gasteiger partial charge in [0.2, 0.25) is 0 Å². The second kappa shape index (κ2) is 7.73. The third kappa shape index (κ3) is 6.52. The first-order valence-electron chi connectivity index (χ1n) is 7.06. The quantitative estimate of drug-likeness (QED) is 0.617. The summed E-state index contributed by atoms with van der Waals surface area (Å²) in [7, 11) is 0. The Hall–Kier alpha value is -2.17. The molecule has 0 saturated carbocycles. The average molecular weight is 308 g/mol. The Bertz CT molecular complexity index is 570. The number of hydrogen-bond acceptors (Lipinski definition) is 4. The molecular formula is C17H21FO4. The third-order valence-corrected chi connectivity index (χ3v) is 2.48. The van der Waals surface area contributed by atoms with Crippen LogP contribution in [0.5, 0.6) is 0 Å². The Labute approximate surface area is 129 Å². The molecule has 0 spiro atoms. The summed E-state index contributed by atoms with van der Waals surface area (Å²) in [6.45, 7) is 7.08. The van der Waals surface area contributed by atoms with Crippen LogP contribution in [0.3, 0.4) is 0 Å². The molecule has 5 heteroatoms.